The van der Waals surface area contributed by atoms with Gasteiger partial charge in [-0.2, -0.15) is 13.2 Å². The van der Waals surface area contributed by atoms with Gasteiger partial charge in [-0.05, 0) is 63.6 Å². The molecule has 1 aromatic carbocycles. The van der Waals surface area contributed by atoms with Gasteiger partial charge in [0, 0.05) is 42.2 Å². The average molecular weight is 518 g/mol. The van der Waals surface area contributed by atoms with E-state index in [4.69, 9.17) is 4.84 Å². The van der Waals surface area contributed by atoms with Crippen molar-refractivity contribution in [1.82, 2.24) is 14.8 Å². The maximum atomic E-state index is 13.6. The Kier molecular flexibility index (Phi) is 7.20. The Balaban J connectivity index is 1.33. The molecule has 2 heterocycles. The summed E-state index contributed by atoms with van der Waals surface area (Å²) in [7, 11) is 0. The van der Waals surface area contributed by atoms with Crippen LogP contribution in [-0.4, -0.2) is 59.0 Å². The lowest BCUT2D eigenvalue weighted by molar-refractivity contribution is -0.140. The molecule has 7 nitrogen and oxygen atoms in total. The summed E-state index contributed by atoms with van der Waals surface area (Å²) >= 11 is 0. The molecule has 2 aromatic rings. The number of amides is 1. The van der Waals surface area contributed by atoms with Crippen molar-refractivity contribution >= 4 is 28.2 Å². The van der Waals surface area contributed by atoms with Crippen LogP contribution in [0.15, 0.2) is 41.8 Å². The van der Waals surface area contributed by atoms with Crippen molar-refractivity contribution in [1.29, 1.82) is 0 Å². The third kappa shape index (κ3) is 6.47. The standard InChI is InChI=1S/C27H34F3N5O2/c1-17(15-31-26(36)19-6-7-19)37-33-18(2)25-14-22-23(4-3-5-24(22)35(25)16-27(28,29)30)32-20-10-12-34(13-11-20)21-8-9-21/h3-5,14,19-21,32H,1,6-13,15-16H2,2H3,(H,31,36)/b33-18+. The number of anilines is 1. The fraction of sp³-hybridized carbons (Fsp3) is 0.556. The quantitative estimate of drug-likeness (QED) is 0.264. The van der Waals surface area contributed by atoms with E-state index < -0.39 is 12.7 Å². The number of nitrogens with one attached hydrogen (secondary N) is 2. The average Bonchev–Trinajstić information content (AvgIpc) is 3.78. The summed E-state index contributed by atoms with van der Waals surface area (Å²) in [6.45, 7) is 6.42. The molecule has 0 atom stereocenters. The first-order valence-corrected chi connectivity index (χ1v) is 13.0. The van der Waals surface area contributed by atoms with E-state index in [2.05, 4.69) is 27.3 Å². The highest BCUT2D eigenvalue weighted by molar-refractivity contribution is 6.04. The lowest BCUT2D eigenvalue weighted by Crippen LogP contribution is -2.40. The molecule has 10 heteroatoms. The van der Waals surface area contributed by atoms with Crippen LogP contribution in [0.1, 0.15) is 51.1 Å². The molecule has 0 spiro atoms. The molecule has 200 valence electrons. The topological polar surface area (TPSA) is 70.9 Å². The second kappa shape index (κ2) is 10.4. The number of likely N-dealkylation sites (tertiary alicyclic amines) is 1. The van der Waals surface area contributed by atoms with Crippen LogP contribution in [0.4, 0.5) is 18.9 Å². The van der Waals surface area contributed by atoms with Gasteiger partial charge in [0.05, 0.1) is 17.8 Å². The van der Waals surface area contributed by atoms with Crippen molar-refractivity contribution in [2.45, 2.75) is 70.3 Å². The molecule has 5 rings (SSSR count). The molecular weight excluding hydrogens is 483 g/mol. The molecule has 0 unspecified atom stereocenters. The highest BCUT2D eigenvalue weighted by atomic mass is 19.4. The number of aromatic nitrogens is 1. The zero-order chi connectivity index (χ0) is 26.2. The van der Waals surface area contributed by atoms with Crippen LogP contribution >= 0.6 is 0 Å². The number of hydrogen-bond acceptors (Lipinski definition) is 5. The van der Waals surface area contributed by atoms with Crippen LogP contribution in [0.3, 0.4) is 0 Å². The molecule has 0 radical (unpaired) electrons. The Morgan fingerprint density at radius 3 is 2.54 bits per heavy atom. The van der Waals surface area contributed by atoms with Gasteiger partial charge >= 0.3 is 6.18 Å². The van der Waals surface area contributed by atoms with Gasteiger partial charge in [0.2, 0.25) is 5.91 Å². The molecule has 1 amide bonds. The molecule has 1 saturated heterocycles. The second-order valence-corrected chi connectivity index (χ2v) is 10.5. The van der Waals surface area contributed by atoms with Gasteiger partial charge in [-0.15, -0.1) is 0 Å². The fourth-order valence-electron chi connectivity index (χ4n) is 5.02. The minimum atomic E-state index is -4.41. The highest BCUT2D eigenvalue weighted by Gasteiger charge is 2.33. The van der Waals surface area contributed by atoms with E-state index in [9.17, 15) is 18.0 Å². The Morgan fingerprint density at radius 2 is 1.89 bits per heavy atom. The number of alkyl halides is 3. The first-order valence-electron chi connectivity index (χ1n) is 13.0. The second-order valence-electron chi connectivity index (χ2n) is 10.5. The highest BCUT2D eigenvalue weighted by Crippen LogP contribution is 2.33. The predicted molar refractivity (Wildman–Crippen MR) is 137 cm³/mol. The largest absolute Gasteiger partial charge is 0.406 e. The summed E-state index contributed by atoms with van der Waals surface area (Å²) in [5, 5.41) is 11.1. The van der Waals surface area contributed by atoms with E-state index in [1.807, 2.05) is 6.07 Å². The zero-order valence-corrected chi connectivity index (χ0v) is 21.1. The van der Waals surface area contributed by atoms with Crippen molar-refractivity contribution in [2.24, 2.45) is 11.1 Å². The summed E-state index contributed by atoms with van der Waals surface area (Å²) in [6.07, 6.45) is 1.97. The molecule has 37 heavy (non-hydrogen) atoms. The Bertz CT molecular complexity index is 1190. The van der Waals surface area contributed by atoms with Crippen LogP contribution in [0.5, 0.6) is 0 Å². The number of hydrogen-bond donors (Lipinski definition) is 2. The fourth-order valence-corrected chi connectivity index (χ4v) is 5.02. The number of nitrogens with zero attached hydrogens (tertiary/aromatic N) is 3. The van der Waals surface area contributed by atoms with E-state index in [0.29, 0.717) is 16.9 Å². The maximum absolute atomic E-state index is 13.6. The van der Waals surface area contributed by atoms with Gasteiger partial charge < -0.3 is 24.9 Å². The summed E-state index contributed by atoms with van der Waals surface area (Å²) in [5.74, 6) is 0.227. The Morgan fingerprint density at radius 1 is 1.16 bits per heavy atom. The van der Waals surface area contributed by atoms with Crippen LogP contribution in [0.2, 0.25) is 0 Å². The summed E-state index contributed by atoms with van der Waals surface area (Å²) in [4.78, 5) is 19.7. The van der Waals surface area contributed by atoms with Crippen LogP contribution in [-0.2, 0) is 16.2 Å². The number of benzene rings is 1. The normalized spacial score (nSPS) is 19.7. The number of piperidine rings is 1. The van der Waals surface area contributed by atoms with Crippen molar-refractivity contribution in [3.05, 3.63) is 42.3 Å². The van der Waals surface area contributed by atoms with Crippen molar-refractivity contribution in [3.63, 3.8) is 0 Å². The number of fused-ring (bicyclic) bond motifs is 1. The lowest BCUT2D eigenvalue weighted by atomic mass is 10.0. The zero-order valence-electron chi connectivity index (χ0n) is 21.1. The molecule has 3 aliphatic rings. The minimum Gasteiger partial charge on any atom is -0.382 e. The van der Waals surface area contributed by atoms with Gasteiger partial charge in [0.15, 0.2) is 0 Å². The SMILES string of the molecule is C=C(CNC(=O)C1CC1)O/N=C(\C)c1cc2c(NC3CCN(C4CC4)CC3)cccc2n1CC(F)(F)F. The summed E-state index contributed by atoms with van der Waals surface area (Å²) < 4.78 is 41.9. The number of oxime groups is 1. The van der Waals surface area contributed by atoms with E-state index in [1.54, 1.807) is 25.1 Å². The number of rotatable bonds is 10. The van der Waals surface area contributed by atoms with Gasteiger partial charge in [-0.25, -0.2) is 0 Å². The molecular formula is C27H34F3N5O2. The Labute approximate surface area is 214 Å². The first kappa shape index (κ1) is 25.6. The monoisotopic (exact) mass is 517 g/mol. The van der Waals surface area contributed by atoms with E-state index in [1.165, 1.54) is 17.4 Å². The molecule has 3 fully saturated rings. The van der Waals surface area contributed by atoms with Crippen molar-refractivity contribution in [3.8, 4) is 0 Å². The van der Waals surface area contributed by atoms with Gasteiger partial charge in [-0.3, -0.25) is 4.79 Å². The molecule has 1 aliphatic heterocycles. The summed E-state index contributed by atoms with van der Waals surface area (Å²) in [6, 6.07) is 8.17. The molecule has 2 aliphatic carbocycles. The maximum Gasteiger partial charge on any atom is 0.406 e. The van der Waals surface area contributed by atoms with Gasteiger partial charge in [-0.1, -0.05) is 17.8 Å². The van der Waals surface area contributed by atoms with Gasteiger partial charge in [0.1, 0.15) is 18.0 Å². The molecule has 2 saturated carbocycles. The molecule has 2 N–H and O–H groups in total. The number of halogens is 3. The van der Waals surface area contributed by atoms with Crippen molar-refractivity contribution in [2.75, 3.05) is 25.0 Å². The van der Waals surface area contributed by atoms with Crippen LogP contribution < -0.4 is 10.6 Å². The third-order valence-electron chi connectivity index (χ3n) is 7.33. The smallest absolute Gasteiger partial charge is 0.382 e. The first-order chi connectivity index (χ1) is 17.7. The third-order valence-corrected chi connectivity index (χ3v) is 7.33. The van der Waals surface area contributed by atoms with Crippen LogP contribution in [0, 0.1) is 5.92 Å². The Hall–Kier alpha value is -3.01. The van der Waals surface area contributed by atoms with E-state index in [0.717, 1.165) is 55.9 Å². The van der Waals surface area contributed by atoms with Gasteiger partial charge in [0.25, 0.3) is 0 Å². The van der Waals surface area contributed by atoms with Crippen LogP contribution in [0.25, 0.3) is 10.9 Å². The minimum absolute atomic E-state index is 0.0472. The predicted octanol–water partition coefficient (Wildman–Crippen LogP) is 5.02. The van der Waals surface area contributed by atoms with E-state index >= 15 is 0 Å². The lowest BCUT2D eigenvalue weighted by Gasteiger charge is -2.33. The van der Waals surface area contributed by atoms with Crippen molar-refractivity contribution < 1.29 is 22.8 Å². The molecule has 1 aromatic heterocycles. The number of carbonyl (C=O) groups excluding carboxylic acids is 1. The molecule has 0 bridgehead atoms. The number of carbonyl (C=O) groups is 1. The van der Waals surface area contributed by atoms with E-state index in [-0.39, 0.29) is 30.2 Å². The summed E-state index contributed by atoms with van der Waals surface area (Å²) in [5.41, 5.74) is 1.92.